The minimum absolute atomic E-state index is 0.147. The fraction of sp³-hybridized carbons (Fsp3) is 0.316. The Bertz CT molecular complexity index is 971. The van der Waals surface area contributed by atoms with Crippen LogP contribution in [0.4, 0.5) is 8.78 Å². The number of carbonyl (C=O) groups is 1. The fourth-order valence-electron chi connectivity index (χ4n) is 2.25. The summed E-state index contributed by atoms with van der Waals surface area (Å²) in [4.78, 5) is 11.2. The van der Waals surface area contributed by atoms with Crippen molar-refractivity contribution in [1.82, 2.24) is 4.72 Å². The summed E-state index contributed by atoms with van der Waals surface area (Å²) in [6, 6.07) is 7.72. The van der Waals surface area contributed by atoms with Gasteiger partial charge in [0.25, 0.3) is 0 Å². The molecule has 9 heteroatoms. The molecule has 0 aliphatic heterocycles. The zero-order valence-corrected chi connectivity index (χ0v) is 16.4. The van der Waals surface area contributed by atoms with E-state index in [2.05, 4.69) is 4.72 Å². The van der Waals surface area contributed by atoms with Gasteiger partial charge in [-0.1, -0.05) is 12.1 Å². The third kappa shape index (κ3) is 5.49. The molecule has 0 bridgehead atoms. The molecular formula is C19H21F2NO5S. The highest BCUT2D eigenvalue weighted by Gasteiger charge is 2.32. The molecule has 0 amide bonds. The van der Waals surface area contributed by atoms with E-state index in [-0.39, 0.29) is 11.5 Å². The lowest BCUT2D eigenvalue weighted by Crippen LogP contribution is -2.41. The molecule has 0 spiro atoms. The van der Waals surface area contributed by atoms with Crippen molar-refractivity contribution in [1.29, 1.82) is 0 Å². The standard InChI is InChI=1S/C19H21F2NO5S/c1-19(2,3)28(25,26)22-16(11-18(23)24)12-5-4-6-14(9-12)27-17-8-7-13(20)10-15(17)21/h4-10,16,22H,11H2,1-3H3,(H,23,24)/t16-/m0/s1. The Labute approximate surface area is 162 Å². The Morgan fingerprint density at radius 2 is 1.86 bits per heavy atom. The number of nitrogens with one attached hydrogen (secondary N) is 1. The van der Waals surface area contributed by atoms with Crippen LogP contribution in [0, 0.1) is 11.6 Å². The Morgan fingerprint density at radius 3 is 2.43 bits per heavy atom. The van der Waals surface area contributed by atoms with Crippen LogP contribution in [0.15, 0.2) is 42.5 Å². The van der Waals surface area contributed by atoms with E-state index < -0.39 is 44.8 Å². The average Bonchev–Trinajstić information content (AvgIpc) is 2.55. The van der Waals surface area contributed by atoms with Crippen LogP contribution in [-0.2, 0) is 14.8 Å². The first-order valence-corrected chi connectivity index (χ1v) is 9.84. The quantitative estimate of drug-likeness (QED) is 0.716. The highest BCUT2D eigenvalue weighted by atomic mass is 32.2. The number of halogens is 2. The van der Waals surface area contributed by atoms with Crippen LogP contribution in [0.5, 0.6) is 11.5 Å². The van der Waals surface area contributed by atoms with Gasteiger partial charge in [0, 0.05) is 6.07 Å². The molecule has 0 aliphatic carbocycles. The number of carboxylic acid groups (broad SMARTS) is 1. The molecule has 28 heavy (non-hydrogen) atoms. The molecule has 0 aliphatic rings. The Balaban J connectivity index is 2.34. The van der Waals surface area contributed by atoms with Gasteiger partial charge < -0.3 is 9.84 Å². The first-order valence-electron chi connectivity index (χ1n) is 8.35. The monoisotopic (exact) mass is 413 g/mol. The number of sulfonamides is 1. The molecule has 2 N–H and O–H groups in total. The normalized spacial score (nSPS) is 13.2. The molecule has 0 unspecified atom stereocenters. The van der Waals surface area contributed by atoms with E-state index in [1.807, 2.05) is 0 Å². The summed E-state index contributed by atoms with van der Waals surface area (Å²) in [6.07, 6.45) is -0.496. The summed E-state index contributed by atoms with van der Waals surface area (Å²) < 4.78 is 58.4. The number of ether oxygens (including phenoxy) is 1. The molecule has 0 fully saturated rings. The van der Waals surface area contributed by atoms with Gasteiger partial charge in [-0.15, -0.1) is 0 Å². The van der Waals surface area contributed by atoms with E-state index in [1.165, 1.54) is 45.0 Å². The van der Waals surface area contributed by atoms with Gasteiger partial charge in [0.05, 0.1) is 17.2 Å². The zero-order chi connectivity index (χ0) is 21.1. The van der Waals surface area contributed by atoms with Crippen LogP contribution in [0.1, 0.15) is 38.8 Å². The van der Waals surface area contributed by atoms with Crippen molar-refractivity contribution in [3.05, 3.63) is 59.7 Å². The Morgan fingerprint density at radius 1 is 1.18 bits per heavy atom. The second-order valence-corrected chi connectivity index (χ2v) is 9.60. The van der Waals surface area contributed by atoms with E-state index >= 15 is 0 Å². The van der Waals surface area contributed by atoms with E-state index in [0.29, 0.717) is 11.6 Å². The van der Waals surface area contributed by atoms with Gasteiger partial charge in [-0.05, 0) is 50.6 Å². The molecule has 6 nitrogen and oxygen atoms in total. The maximum absolute atomic E-state index is 13.8. The van der Waals surface area contributed by atoms with Crippen molar-refractivity contribution in [2.75, 3.05) is 0 Å². The lowest BCUT2D eigenvalue weighted by atomic mass is 10.0. The smallest absolute Gasteiger partial charge is 0.305 e. The van der Waals surface area contributed by atoms with Crippen molar-refractivity contribution in [2.24, 2.45) is 0 Å². The van der Waals surface area contributed by atoms with Crippen LogP contribution in [0.25, 0.3) is 0 Å². The molecule has 2 rings (SSSR count). The molecular weight excluding hydrogens is 392 g/mol. The molecule has 0 radical (unpaired) electrons. The fourth-order valence-corrected chi connectivity index (χ4v) is 3.19. The lowest BCUT2D eigenvalue weighted by Gasteiger charge is -2.25. The van der Waals surface area contributed by atoms with Crippen LogP contribution in [0.3, 0.4) is 0 Å². The van der Waals surface area contributed by atoms with Gasteiger partial charge in [-0.25, -0.2) is 21.9 Å². The molecule has 1 atom stereocenters. The van der Waals surface area contributed by atoms with Crippen LogP contribution in [-0.4, -0.2) is 24.2 Å². The highest BCUT2D eigenvalue weighted by molar-refractivity contribution is 7.90. The maximum Gasteiger partial charge on any atom is 0.305 e. The zero-order valence-electron chi connectivity index (χ0n) is 15.6. The summed E-state index contributed by atoms with van der Waals surface area (Å²) in [6.45, 7) is 4.47. The van der Waals surface area contributed by atoms with Gasteiger partial charge in [-0.3, -0.25) is 4.79 Å². The van der Waals surface area contributed by atoms with Crippen molar-refractivity contribution in [2.45, 2.75) is 38.0 Å². The predicted octanol–water partition coefficient (Wildman–Crippen LogP) is 3.99. The first kappa shape index (κ1) is 21.8. The van der Waals surface area contributed by atoms with E-state index in [4.69, 9.17) is 9.84 Å². The third-order valence-corrected chi connectivity index (χ3v) is 6.07. The van der Waals surface area contributed by atoms with Crippen molar-refractivity contribution in [3.8, 4) is 11.5 Å². The molecule has 0 saturated carbocycles. The average molecular weight is 413 g/mol. The Hall–Kier alpha value is -2.52. The number of aliphatic carboxylic acids is 1. The second kappa shape index (κ2) is 8.24. The number of hydrogen-bond donors (Lipinski definition) is 2. The lowest BCUT2D eigenvalue weighted by molar-refractivity contribution is -0.137. The van der Waals surface area contributed by atoms with E-state index in [0.717, 1.165) is 12.1 Å². The van der Waals surface area contributed by atoms with E-state index in [1.54, 1.807) is 0 Å². The number of benzene rings is 2. The van der Waals surface area contributed by atoms with Crippen molar-refractivity contribution in [3.63, 3.8) is 0 Å². The van der Waals surface area contributed by atoms with Gasteiger partial charge >= 0.3 is 5.97 Å². The van der Waals surface area contributed by atoms with E-state index in [9.17, 15) is 22.0 Å². The SMILES string of the molecule is CC(C)(C)S(=O)(=O)N[C@@H](CC(=O)O)c1cccc(Oc2ccc(F)cc2F)c1. The summed E-state index contributed by atoms with van der Waals surface area (Å²) in [5.41, 5.74) is 0.329. The predicted molar refractivity (Wildman–Crippen MR) is 99.7 cm³/mol. The number of hydrogen-bond acceptors (Lipinski definition) is 4. The highest BCUT2D eigenvalue weighted by Crippen LogP contribution is 2.29. The minimum atomic E-state index is -3.83. The van der Waals surface area contributed by atoms with Crippen LogP contribution in [0.2, 0.25) is 0 Å². The minimum Gasteiger partial charge on any atom is -0.481 e. The van der Waals surface area contributed by atoms with Gasteiger partial charge in [0.15, 0.2) is 11.6 Å². The Kier molecular flexibility index (Phi) is 6.41. The van der Waals surface area contributed by atoms with Crippen molar-refractivity contribution >= 4 is 16.0 Å². The number of carboxylic acids is 1. The molecule has 0 saturated heterocycles. The topological polar surface area (TPSA) is 92.7 Å². The summed E-state index contributed by atoms with van der Waals surface area (Å²) >= 11 is 0. The molecule has 2 aromatic rings. The van der Waals surface area contributed by atoms with Gasteiger partial charge in [0.2, 0.25) is 10.0 Å². The maximum atomic E-state index is 13.8. The molecule has 152 valence electrons. The summed E-state index contributed by atoms with van der Waals surface area (Å²) in [5.74, 6) is -2.92. The second-order valence-electron chi connectivity index (χ2n) is 7.13. The summed E-state index contributed by atoms with van der Waals surface area (Å²) in [7, 11) is -3.83. The molecule has 0 heterocycles. The van der Waals surface area contributed by atoms with Crippen LogP contribution >= 0.6 is 0 Å². The summed E-state index contributed by atoms with van der Waals surface area (Å²) in [5, 5.41) is 9.16. The third-order valence-electron chi connectivity index (χ3n) is 3.86. The van der Waals surface area contributed by atoms with Gasteiger partial charge in [0.1, 0.15) is 11.6 Å². The van der Waals surface area contributed by atoms with Crippen molar-refractivity contribution < 1.29 is 31.8 Å². The molecule has 0 aromatic heterocycles. The first-order chi connectivity index (χ1) is 12.9. The number of rotatable bonds is 7. The van der Waals surface area contributed by atoms with Gasteiger partial charge in [-0.2, -0.15) is 0 Å². The molecule has 2 aromatic carbocycles. The largest absolute Gasteiger partial charge is 0.481 e. The van der Waals surface area contributed by atoms with Crippen LogP contribution < -0.4 is 9.46 Å².